The first-order chi connectivity index (χ1) is 15.8. The van der Waals surface area contributed by atoms with Crippen LogP contribution in [0.15, 0.2) is 77.7 Å². The summed E-state index contributed by atoms with van der Waals surface area (Å²) in [5.74, 6) is -0.976. The number of hydrogen-bond acceptors (Lipinski definition) is 5. The normalized spacial score (nSPS) is 11.0. The fraction of sp³-hybridized carbons (Fsp3) is 0.130. The van der Waals surface area contributed by atoms with Crippen LogP contribution in [0.25, 0.3) is 0 Å². The Kier molecular flexibility index (Phi) is 8.05. The molecule has 33 heavy (non-hydrogen) atoms. The van der Waals surface area contributed by atoms with Gasteiger partial charge in [-0.1, -0.05) is 41.9 Å². The predicted octanol–water partition coefficient (Wildman–Crippen LogP) is 3.77. The molecular formula is C23H22ClN3O5S. The first kappa shape index (κ1) is 24.2. The number of sulfonamides is 1. The SMILES string of the molecule is COCCNC(=O)c1ccccc1NC(=O)c1cc(NS(=O)(=O)c2ccccc2)ccc1Cl. The van der Waals surface area contributed by atoms with Gasteiger partial charge in [0.2, 0.25) is 0 Å². The minimum atomic E-state index is -3.84. The predicted molar refractivity (Wildman–Crippen MR) is 127 cm³/mol. The lowest BCUT2D eigenvalue weighted by Crippen LogP contribution is -2.28. The Hall–Kier alpha value is -3.40. The van der Waals surface area contributed by atoms with E-state index in [2.05, 4.69) is 15.4 Å². The first-order valence-corrected chi connectivity index (χ1v) is 11.7. The van der Waals surface area contributed by atoms with E-state index in [1.807, 2.05) is 0 Å². The van der Waals surface area contributed by atoms with Gasteiger partial charge in [0.25, 0.3) is 21.8 Å². The van der Waals surface area contributed by atoms with Crippen LogP contribution in [0.1, 0.15) is 20.7 Å². The molecule has 0 saturated carbocycles. The zero-order valence-electron chi connectivity index (χ0n) is 17.7. The molecule has 0 saturated heterocycles. The summed E-state index contributed by atoms with van der Waals surface area (Å²) in [6.07, 6.45) is 0. The molecule has 172 valence electrons. The van der Waals surface area contributed by atoms with Crippen LogP contribution in [-0.2, 0) is 14.8 Å². The number of halogens is 1. The summed E-state index contributed by atoms with van der Waals surface area (Å²) in [5.41, 5.74) is 0.751. The Morgan fingerprint density at radius 3 is 2.33 bits per heavy atom. The molecule has 3 N–H and O–H groups in total. The third-order valence-electron chi connectivity index (χ3n) is 4.53. The van der Waals surface area contributed by atoms with Crippen molar-refractivity contribution >= 4 is 44.8 Å². The molecule has 0 aromatic heterocycles. The van der Waals surface area contributed by atoms with Gasteiger partial charge in [0.15, 0.2) is 0 Å². The molecule has 0 heterocycles. The lowest BCUT2D eigenvalue weighted by atomic mass is 10.1. The maximum absolute atomic E-state index is 12.9. The molecule has 0 bridgehead atoms. The highest BCUT2D eigenvalue weighted by Crippen LogP contribution is 2.25. The van der Waals surface area contributed by atoms with E-state index in [-0.39, 0.29) is 38.3 Å². The molecule has 3 aromatic rings. The minimum Gasteiger partial charge on any atom is -0.383 e. The topological polar surface area (TPSA) is 114 Å². The standard InChI is InChI=1S/C23H22ClN3O5S/c1-32-14-13-25-22(28)18-9-5-6-10-21(18)26-23(29)19-15-16(11-12-20(19)24)27-33(30,31)17-7-3-2-4-8-17/h2-12,15,27H,13-14H2,1H3,(H,25,28)(H,26,29). The van der Waals surface area contributed by atoms with E-state index in [1.54, 1.807) is 42.5 Å². The molecule has 10 heteroatoms. The van der Waals surface area contributed by atoms with Crippen molar-refractivity contribution < 1.29 is 22.7 Å². The summed E-state index contributed by atoms with van der Waals surface area (Å²) in [6, 6.07) is 18.6. The molecular weight excluding hydrogens is 466 g/mol. The number of carbonyl (C=O) groups excluding carboxylic acids is 2. The minimum absolute atomic E-state index is 0.0412. The van der Waals surface area contributed by atoms with Crippen LogP contribution < -0.4 is 15.4 Å². The van der Waals surface area contributed by atoms with E-state index in [0.717, 1.165) is 0 Å². The summed E-state index contributed by atoms with van der Waals surface area (Å²) >= 11 is 6.20. The molecule has 0 unspecified atom stereocenters. The molecule has 0 aliphatic heterocycles. The number of anilines is 2. The fourth-order valence-corrected chi connectivity index (χ4v) is 4.19. The summed E-state index contributed by atoms with van der Waals surface area (Å²) < 4.78 is 32.5. The van der Waals surface area contributed by atoms with Gasteiger partial charge in [0.1, 0.15) is 0 Å². The van der Waals surface area contributed by atoms with Gasteiger partial charge >= 0.3 is 0 Å². The van der Waals surface area contributed by atoms with Crippen molar-refractivity contribution in [3.8, 4) is 0 Å². The smallest absolute Gasteiger partial charge is 0.261 e. The number of nitrogens with one attached hydrogen (secondary N) is 3. The number of methoxy groups -OCH3 is 1. The number of carbonyl (C=O) groups is 2. The second kappa shape index (κ2) is 11.0. The molecule has 3 aromatic carbocycles. The van der Waals surface area contributed by atoms with Crippen LogP contribution in [0.3, 0.4) is 0 Å². The second-order valence-corrected chi connectivity index (χ2v) is 8.95. The summed E-state index contributed by atoms with van der Waals surface area (Å²) in [4.78, 5) is 25.5. The van der Waals surface area contributed by atoms with Crippen LogP contribution in [0.2, 0.25) is 5.02 Å². The van der Waals surface area contributed by atoms with E-state index in [9.17, 15) is 18.0 Å². The molecule has 0 spiro atoms. The van der Waals surface area contributed by atoms with Crippen molar-refractivity contribution in [1.82, 2.24) is 5.32 Å². The fourth-order valence-electron chi connectivity index (χ4n) is 2.92. The Morgan fingerprint density at radius 2 is 1.61 bits per heavy atom. The second-order valence-electron chi connectivity index (χ2n) is 6.86. The van der Waals surface area contributed by atoms with Crippen LogP contribution in [0, 0.1) is 0 Å². The van der Waals surface area contributed by atoms with Crippen LogP contribution in [0.5, 0.6) is 0 Å². The molecule has 8 nitrogen and oxygen atoms in total. The van der Waals surface area contributed by atoms with Gasteiger partial charge < -0.3 is 15.4 Å². The van der Waals surface area contributed by atoms with Gasteiger partial charge in [-0.15, -0.1) is 0 Å². The van der Waals surface area contributed by atoms with Gasteiger partial charge in [0.05, 0.1) is 33.3 Å². The van der Waals surface area contributed by atoms with Crippen molar-refractivity contribution in [3.63, 3.8) is 0 Å². The number of rotatable bonds is 9. The zero-order chi connectivity index (χ0) is 23.8. The van der Waals surface area contributed by atoms with Gasteiger partial charge in [0, 0.05) is 19.3 Å². The highest BCUT2D eigenvalue weighted by atomic mass is 35.5. The molecule has 0 aliphatic rings. The Labute approximate surface area is 197 Å². The van der Waals surface area contributed by atoms with Gasteiger partial charge in [-0.25, -0.2) is 8.42 Å². The van der Waals surface area contributed by atoms with E-state index in [4.69, 9.17) is 16.3 Å². The van der Waals surface area contributed by atoms with E-state index in [1.165, 1.54) is 37.4 Å². The van der Waals surface area contributed by atoms with Crippen LogP contribution in [-0.4, -0.2) is 40.5 Å². The van der Waals surface area contributed by atoms with Crippen molar-refractivity contribution in [3.05, 3.63) is 88.9 Å². The largest absolute Gasteiger partial charge is 0.383 e. The average molecular weight is 488 g/mol. The number of benzene rings is 3. The van der Waals surface area contributed by atoms with Gasteiger partial charge in [-0.2, -0.15) is 0 Å². The van der Waals surface area contributed by atoms with Crippen molar-refractivity contribution in [2.45, 2.75) is 4.90 Å². The lowest BCUT2D eigenvalue weighted by molar-refractivity contribution is 0.0938. The molecule has 0 radical (unpaired) electrons. The van der Waals surface area contributed by atoms with E-state index in [0.29, 0.717) is 13.2 Å². The maximum Gasteiger partial charge on any atom is 0.261 e. The quantitative estimate of drug-likeness (QED) is 0.397. The maximum atomic E-state index is 12.9. The highest BCUT2D eigenvalue weighted by Gasteiger charge is 2.18. The lowest BCUT2D eigenvalue weighted by Gasteiger charge is -2.13. The number of ether oxygens (including phenoxy) is 1. The Bertz CT molecular complexity index is 1250. The van der Waals surface area contributed by atoms with Crippen LogP contribution in [0.4, 0.5) is 11.4 Å². The van der Waals surface area contributed by atoms with E-state index >= 15 is 0 Å². The van der Waals surface area contributed by atoms with Crippen molar-refractivity contribution in [2.75, 3.05) is 30.3 Å². The molecule has 0 aliphatic carbocycles. The first-order valence-electron chi connectivity index (χ1n) is 9.87. The van der Waals surface area contributed by atoms with Gasteiger partial charge in [-0.3, -0.25) is 14.3 Å². The highest BCUT2D eigenvalue weighted by molar-refractivity contribution is 7.92. The summed E-state index contributed by atoms with van der Waals surface area (Å²) in [6.45, 7) is 0.661. The van der Waals surface area contributed by atoms with Crippen LogP contribution >= 0.6 is 11.6 Å². The average Bonchev–Trinajstić information content (AvgIpc) is 2.81. The third-order valence-corrected chi connectivity index (χ3v) is 6.26. The number of amides is 2. The summed E-state index contributed by atoms with van der Waals surface area (Å²) in [7, 11) is -2.32. The molecule has 0 fully saturated rings. The molecule has 0 atom stereocenters. The summed E-state index contributed by atoms with van der Waals surface area (Å²) in [5, 5.41) is 5.49. The molecule has 3 rings (SSSR count). The number of hydrogen-bond donors (Lipinski definition) is 3. The van der Waals surface area contributed by atoms with Crippen molar-refractivity contribution in [1.29, 1.82) is 0 Å². The van der Waals surface area contributed by atoms with E-state index < -0.39 is 15.9 Å². The van der Waals surface area contributed by atoms with Crippen molar-refractivity contribution in [2.24, 2.45) is 0 Å². The Morgan fingerprint density at radius 1 is 0.909 bits per heavy atom. The number of para-hydroxylation sites is 1. The Balaban J connectivity index is 1.81. The molecule has 2 amide bonds. The van der Waals surface area contributed by atoms with Gasteiger partial charge in [-0.05, 0) is 42.5 Å². The monoisotopic (exact) mass is 487 g/mol. The zero-order valence-corrected chi connectivity index (χ0v) is 19.2. The third kappa shape index (κ3) is 6.32.